The van der Waals surface area contributed by atoms with Crippen molar-refractivity contribution in [1.29, 1.82) is 5.26 Å². The van der Waals surface area contributed by atoms with Crippen molar-refractivity contribution in [2.24, 2.45) is 11.1 Å². The van der Waals surface area contributed by atoms with Gasteiger partial charge in [0, 0.05) is 17.7 Å². The number of ketones is 1. The van der Waals surface area contributed by atoms with Gasteiger partial charge >= 0.3 is 0 Å². The van der Waals surface area contributed by atoms with E-state index in [0.29, 0.717) is 29.2 Å². The monoisotopic (exact) mass is 596 g/mol. The summed E-state index contributed by atoms with van der Waals surface area (Å²) in [5.41, 5.74) is 9.96. The van der Waals surface area contributed by atoms with E-state index in [1.807, 2.05) is 52.0 Å². The number of nitro groups is 1. The van der Waals surface area contributed by atoms with Gasteiger partial charge in [-0.1, -0.05) is 31.5 Å². The number of nitriles is 1. The zero-order valence-corrected chi connectivity index (χ0v) is 25.2. The second-order valence-corrected chi connectivity index (χ2v) is 12.0. The summed E-state index contributed by atoms with van der Waals surface area (Å²) in [6.07, 6.45) is 0.579. The highest BCUT2D eigenvalue weighted by Gasteiger charge is 2.46. The lowest BCUT2D eigenvalue weighted by molar-refractivity contribution is -0.384. The van der Waals surface area contributed by atoms with Crippen LogP contribution < -0.4 is 20.1 Å². The van der Waals surface area contributed by atoms with Crippen LogP contribution >= 0.6 is 0 Å². The van der Waals surface area contributed by atoms with Crippen LogP contribution in [0.4, 0.5) is 15.8 Å². The topological polar surface area (TPSA) is 132 Å². The number of nitro benzene ring substituents is 1. The molecule has 0 saturated carbocycles. The van der Waals surface area contributed by atoms with Crippen molar-refractivity contribution in [3.63, 3.8) is 0 Å². The first-order valence-corrected chi connectivity index (χ1v) is 14.1. The van der Waals surface area contributed by atoms with Gasteiger partial charge in [-0.3, -0.25) is 19.8 Å². The summed E-state index contributed by atoms with van der Waals surface area (Å²) < 4.78 is 25.4. The van der Waals surface area contributed by atoms with E-state index in [1.54, 1.807) is 19.2 Å². The number of allylic oxidation sites excluding steroid dienone is 3. The van der Waals surface area contributed by atoms with E-state index >= 15 is 0 Å². The van der Waals surface area contributed by atoms with Gasteiger partial charge in [0.05, 0.1) is 35.7 Å². The molecule has 1 aliphatic heterocycles. The third kappa shape index (κ3) is 5.49. The molecule has 1 unspecified atom stereocenters. The number of Topliss-reactive ketones (excluding diaryl/α,β-unsaturated/α-hetero) is 1. The summed E-state index contributed by atoms with van der Waals surface area (Å²) in [5.74, 6) is -0.427. The Morgan fingerprint density at radius 2 is 1.80 bits per heavy atom. The van der Waals surface area contributed by atoms with Gasteiger partial charge in [0.2, 0.25) is 0 Å². The summed E-state index contributed by atoms with van der Waals surface area (Å²) in [4.78, 5) is 26.7. The number of carbonyl (C=O) groups excluding carboxylic acids is 1. The van der Waals surface area contributed by atoms with E-state index in [9.17, 15) is 24.6 Å². The van der Waals surface area contributed by atoms with Gasteiger partial charge in [-0.25, -0.2) is 4.39 Å². The molecule has 2 N–H and O–H groups in total. The Kier molecular flexibility index (Phi) is 7.91. The molecule has 2 aliphatic rings. The molecule has 0 saturated heterocycles. The van der Waals surface area contributed by atoms with Gasteiger partial charge in [-0.05, 0) is 78.8 Å². The lowest BCUT2D eigenvalue weighted by Crippen LogP contribution is -2.42. The Hall–Kier alpha value is -5.17. The quantitative estimate of drug-likeness (QED) is 0.231. The van der Waals surface area contributed by atoms with Crippen molar-refractivity contribution in [3.05, 3.63) is 115 Å². The molecule has 0 aromatic heterocycles. The van der Waals surface area contributed by atoms with Gasteiger partial charge in [-0.2, -0.15) is 5.26 Å². The predicted molar refractivity (Wildman–Crippen MR) is 163 cm³/mol. The van der Waals surface area contributed by atoms with Crippen LogP contribution in [0.25, 0.3) is 0 Å². The van der Waals surface area contributed by atoms with Crippen molar-refractivity contribution < 1.29 is 23.6 Å². The maximum atomic E-state index is 14.1. The van der Waals surface area contributed by atoms with Crippen LogP contribution in [-0.2, 0) is 11.4 Å². The molecule has 5 rings (SSSR count). The number of hydrogen-bond acceptors (Lipinski definition) is 8. The van der Waals surface area contributed by atoms with Crippen molar-refractivity contribution in [2.45, 2.75) is 53.1 Å². The van der Waals surface area contributed by atoms with Crippen LogP contribution in [0.5, 0.6) is 11.5 Å². The number of halogens is 1. The zero-order chi connectivity index (χ0) is 31.9. The van der Waals surface area contributed by atoms with Gasteiger partial charge < -0.3 is 15.2 Å². The highest BCUT2D eigenvalue weighted by atomic mass is 19.1. The fourth-order valence-corrected chi connectivity index (χ4v) is 6.17. The van der Waals surface area contributed by atoms with E-state index in [1.165, 1.54) is 11.0 Å². The smallest absolute Gasteiger partial charge is 0.296 e. The Morgan fingerprint density at radius 3 is 2.43 bits per heavy atom. The molecule has 9 nitrogen and oxygen atoms in total. The molecule has 3 aromatic carbocycles. The largest absolute Gasteiger partial charge is 0.497 e. The molecule has 0 radical (unpaired) electrons. The van der Waals surface area contributed by atoms with Crippen LogP contribution in [0.3, 0.4) is 0 Å². The summed E-state index contributed by atoms with van der Waals surface area (Å²) in [7, 11) is 1.59. The number of benzene rings is 3. The third-order valence-corrected chi connectivity index (χ3v) is 8.22. The Bertz CT molecular complexity index is 1790. The van der Waals surface area contributed by atoms with Crippen LogP contribution in [0, 0.1) is 46.5 Å². The van der Waals surface area contributed by atoms with E-state index < -0.39 is 27.8 Å². The molecular formula is C34H33FN4O5. The first kappa shape index (κ1) is 30.3. The molecule has 0 fully saturated rings. The van der Waals surface area contributed by atoms with Crippen molar-refractivity contribution >= 4 is 17.2 Å². The predicted octanol–water partition coefficient (Wildman–Crippen LogP) is 6.88. The number of nitrogens with zero attached hydrogens (tertiary/aromatic N) is 3. The molecule has 1 atom stereocenters. The summed E-state index contributed by atoms with van der Waals surface area (Å²) in [5, 5.41) is 22.5. The highest BCUT2D eigenvalue weighted by molar-refractivity contribution is 6.02. The minimum absolute atomic E-state index is 0.00681. The van der Waals surface area contributed by atoms with Crippen LogP contribution in [0.1, 0.15) is 54.9 Å². The van der Waals surface area contributed by atoms with Gasteiger partial charge in [0.1, 0.15) is 35.4 Å². The van der Waals surface area contributed by atoms with Crippen molar-refractivity contribution in [1.82, 2.24) is 0 Å². The molecule has 3 aromatic rings. The minimum Gasteiger partial charge on any atom is -0.497 e. The van der Waals surface area contributed by atoms with E-state index in [4.69, 9.17) is 15.2 Å². The Morgan fingerprint density at radius 1 is 1.11 bits per heavy atom. The molecular weight excluding hydrogens is 563 g/mol. The first-order valence-electron chi connectivity index (χ1n) is 14.1. The number of hydrogen-bond donors (Lipinski definition) is 1. The maximum absolute atomic E-state index is 14.1. The molecule has 0 amide bonds. The van der Waals surface area contributed by atoms with Crippen molar-refractivity contribution in [3.8, 4) is 17.6 Å². The number of ether oxygens (including phenoxy) is 2. The number of anilines is 1. The second kappa shape index (κ2) is 11.5. The highest BCUT2D eigenvalue weighted by Crippen LogP contribution is 2.52. The number of rotatable bonds is 7. The zero-order valence-electron chi connectivity index (χ0n) is 25.2. The average molecular weight is 597 g/mol. The Balaban J connectivity index is 1.68. The fraction of sp³-hybridized carbons (Fsp3) is 0.294. The summed E-state index contributed by atoms with van der Waals surface area (Å²) >= 11 is 0. The molecule has 1 aliphatic carbocycles. The molecule has 0 bridgehead atoms. The molecule has 0 spiro atoms. The lowest BCUT2D eigenvalue weighted by atomic mass is 9.68. The minimum atomic E-state index is -0.797. The van der Waals surface area contributed by atoms with E-state index in [0.717, 1.165) is 34.4 Å². The van der Waals surface area contributed by atoms with Crippen LogP contribution in [-0.4, -0.2) is 17.8 Å². The standard InChI is InChI=1S/C34H33FN4O5/c1-19-12-21(18-44-24-9-7-23(43-5)8-10-24)20(2)25(13-19)31-26(17-36)33(37)38(27-11-6-22(35)14-28(27)39(41)42)29-15-34(3,4)16-30(40)32(29)31/h6-14,31H,15-16,18,37H2,1-5H3. The number of carbonyl (C=O) groups is 1. The number of aryl methyl sites for hydroxylation is 1. The third-order valence-electron chi connectivity index (χ3n) is 8.22. The normalized spacial score (nSPS) is 17.7. The second-order valence-electron chi connectivity index (χ2n) is 12.0. The van der Waals surface area contributed by atoms with Crippen LogP contribution in [0.2, 0.25) is 0 Å². The van der Waals surface area contributed by atoms with Gasteiger partial charge in [0.25, 0.3) is 5.69 Å². The fourth-order valence-electron chi connectivity index (χ4n) is 6.17. The van der Waals surface area contributed by atoms with Gasteiger partial charge in [-0.15, -0.1) is 0 Å². The summed E-state index contributed by atoms with van der Waals surface area (Å²) in [6.45, 7) is 7.96. The summed E-state index contributed by atoms with van der Waals surface area (Å²) in [6, 6.07) is 16.6. The lowest BCUT2D eigenvalue weighted by Gasteiger charge is -2.43. The van der Waals surface area contributed by atoms with Gasteiger partial charge in [0.15, 0.2) is 5.78 Å². The number of nitrogens with two attached hydrogens (primary N) is 1. The van der Waals surface area contributed by atoms with E-state index in [2.05, 4.69) is 6.07 Å². The molecule has 44 heavy (non-hydrogen) atoms. The van der Waals surface area contributed by atoms with E-state index in [-0.39, 0.29) is 35.9 Å². The molecule has 10 heteroatoms. The molecule has 1 heterocycles. The SMILES string of the molecule is COc1ccc(OCc2cc(C)cc(C3C(C#N)=C(N)N(c4ccc(F)cc4[N+](=O)[O-])C4=C3C(=O)CC(C)(C)C4)c2C)cc1. The maximum Gasteiger partial charge on any atom is 0.296 e. The Labute approximate surface area is 255 Å². The average Bonchev–Trinajstić information content (AvgIpc) is 2.97. The van der Waals surface area contributed by atoms with Crippen LogP contribution in [0.15, 0.2) is 77.3 Å². The number of methoxy groups -OCH3 is 1. The molecule has 226 valence electrons. The first-order chi connectivity index (χ1) is 20.8. The van der Waals surface area contributed by atoms with Crippen molar-refractivity contribution in [2.75, 3.05) is 12.0 Å².